The molecule has 0 radical (unpaired) electrons. The Kier molecular flexibility index (Phi) is 6.53. The minimum Gasteiger partial charge on any atom is -0.497 e. The van der Waals surface area contributed by atoms with Crippen molar-refractivity contribution in [1.29, 1.82) is 0 Å². The van der Waals surface area contributed by atoms with Crippen LogP contribution in [0.15, 0.2) is 52.5 Å². The molecule has 0 aliphatic carbocycles. The predicted octanol–water partition coefficient (Wildman–Crippen LogP) is 4.55. The van der Waals surface area contributed by atoms with Crippen molar-refractivity contribution in [3.63, 3.8) is 0 Å². The number of thiophene rings is 1. The molecular weight excluding hydrogens is 432 g/mol. The summed E-state index contributed by atoms with van der Waals surface area (Å²) in [5, 5.41) is 4.29. The van der Waals surface area contributed by atoms with Crippen LogP contribution in [0.4, 0.5) is 5.69 Å². The van der Waals surface area contributed by atoms with Crippen LogP contribution < -0.4 is 15.6 Å². The van der Waals surface area contributed by atoms with Crippen LogP contribution in [0.5, 0.6) is 5.75 Å². The first-order valence-electron chi connectivity index (χ1n) is 9.95. The van der Waals surface area contributed by atoms with E-state index in [2.05, 4.69) is 17.2 Å². The maximum absolute atomic E-state index is 13.2. The number of rotatable bonds is 8. The van der Waals surface area contributed by atoms with Crippen LogP contribution in [0.2, 0.25) is 0 Å². The highest BCUT2D eigenvalue weighted by molar-refractivity contribution is 7.99. The zero-order valence-electron chi connectivity index (χ0n) is 17.3. The third-order valence-corrected chi connectivity index (χ3v) is 6.83. The van der Waals surface area contributed by atoms with Crippen LogP contribution in [-0.2, 0) is 11.3 Å². The number of carbonyl (C=O) groups is 1. The van der Waals surface area contributed by atoms with Crippen LogP contribution >= 0.6 is 23.1 Å². The van der Waals surface area contributed by atoms with Crippen LogP contribution in [0.3, 0.4) is 0 Å². The van der Waals surface area contributed by atoms with Crippen molar-refractivity contribution in [3.8, 4) is 5.75 Å². The molecule has 0 atom stereocenters. The maximum atomic E-state index is 13.2. The lowest BCUT2D eigenvalue weighted by molar-refractivity contribution is -0.113. The fraction of sp³-hybridized carbons (Fsp3) is 0.273. The second-order valence-electron chi connectivity index (χ2n) is 6.91. The fourth-order valence-electron chi connectivity index (χ4n) is 3.17. The van der Waals surface area contributed by atoms with Gasteiger partial charge in [-0.1, -0.05) is 25.1 Å². The van der Waals surface area contributed by atoms with E-state index in [4.69, 9.17) is 9.72 Å². The van der Waals surface area contributed by atoms with Gasteiger partial charge in [0.15, 0.2) is 5.16 Å². The third-order valence-electron chi connectivity index (χ3n) is 4.76. The van der Waals surface area contributed by atoms with Crippen LogP contribution in [0.1, 0.15) is 19.8 Å². The van der Waals surface area contributed by atoms with Crippen molar-refractivity contribution in [2.24, 2.45) is 0 Å². The molecular formula is C22H22N4O3S2. The smallest absolute Gasteiger partial charge is 0.272 e. The van der Waals surface area contributed by atoms with E-state index >= 15 is 0 Å². The summed E-state index contributed by atoms with van der Waals surface area (Å²) in [7, 11) is 1.60. The van der Waals surface area contributed by atoms with Crippen molar-refractivity contribution in [3.05, 3.63) is 52.9 Å². The second-order valence-corrected chi connectivity index (χ2v) is 8.85. The highest BCUT2D eigenvalue weighted by Crippen LogP contribution is 2.30. The number of pyridine rings is 1. The van der Waals surface area contributed by atoms with Gasteiger partial charge in [0.2, 0.25) is 5.91 Å². The first-order chi connectivity index (χ1) is 15.1. The number of anilines is 1. The molecule has 0 aliphatic heterocycles. The normalized spacial score (nSPS) is 11.2. The molecule has 3 aromatic heterocycles. The highest BCUT2D eigenvalue weighted by Gasteiger charge is 2.17. The third kappa shape index (κ3) is 4.57. The molecule has 7 nitrogen and oxygen atoms in total. The quantitative estimate of drug-likeness (QED) is 0.311. The van der Waals surface area contributed by atoms with Crippen molar-refractivity contribution < 1.29 is 9.53 Å². The predicted molar refractivity (Wildman–Crippen MR) is 126 cm³/mol. The topological polar surface area (TPSA) is 86.1 Å². The molecule has 1 N–H and O–H groups in total. The van der Waals surface area contributed by atoms with Crippen molar-refractivity contribution >= 4 is 55.1 Å². The van der Waals surface area contributed by atoms with Crippen molar-refractivity contribution in [2.45, 2.75) is 31.5 Å². The number of hydrogen-bond acceptors (Lipinski definition) is 7. The van der Waals surface area contributed by atoms with E-state index < -0.39 is 0 Å². The summed E-state index contributed by atoms with van der Waals surface area (Å²) in [4.78, 5) is 35.6. The molecule has 160 valence electrons. The Balaban J connectivity index is 1.60. The van der Waals surface area contributed by atoms with Crippen LogP contribution in [-0.4, -0.2) is 33.3 Å². The van der Waals surface area contributed by atoms with Gasteiger partial charge in [0.25, 0.3) is 5.56 Å². The number of aromatic nitrogens is 3. The lowest BCUT2D eigenvalue weighted by Gasteiger charge is -2.12. The maximum Gasteiger partial charge on any atom is 0.272 e. The number of unbranched alkanes of at least 4 members (excludes halogenated alkanes) is 1. The van der Waals surface area contributed by atoms with E-state index in [1.807, 2.05) is 12.1 Å². The average molecular weight is 455 g/mol. The molecule has 0 saturated carbocycles. The van der Waals surface area contributed by atoms with Crippen LogP contribution in [0, 0.1) is 0 Å². The van der Waals surface area contributed by atoms with Gasteiger partial charge in [-0.2, -0.15) is 0 Å². The summed E-state index contributed by atoms with van der Waals surface area (Å²) in [6.45, 7) is 2.65. The van der Waals surface area contributed by atoms with Gasteiger partial charge < -0.3 is 10.1 Å². The van der Waals surface area contributed by atoms with Crippen LogP contribution in [0.25, 0.3) is 20.4 Å². The molecule has 0 aliphatic rings. The number of hydrogen-bond donors (Lipinski definition) is 1. The minimum absolute atomic E-state index is 0.0699. The zero-order valence-corrected chi connectivity index (χ0v) is 18.9. The molecule has 1 aromatic carbocycles. The van der Waals surface area contributed by atoms with E-state index in [1.165, 1.54) is 23.1 Å². The van der Waals surface area contributed by atoms with E-state index in [1.54, 1.807) is 42.1 Å². The largest absolute Gasteiger partial charge is 0.497 e. The Hall–Kier alpha value is -2.91. The molecule has 31 heavy (non-hydrogen) atoms. The van der Waals surface area contributed by atoms with Crippen molar-refractivity contribution in [1.82, 2.24) is 14.5 Å². The van der Waals surface area contributed by atoms with Gasteiger partial charge in [0.05, 0.1) is 18.4 Å². The van der Waals surface area contributed by atoms with Crippen molar-refractivity contribution in [2.75, 3.05) is 18.2 Å². The highest BCUT2D eigenvalue weighted by atomic mass is 32.2. The zero-order chi connectivity index (χ0) is 21.8. The summed E-state index contributed by atoms with van der Waals surface area (Å²) in [5.74, 6) is 0.710. The SMILES string of the molecule is CCCCn1c(SCC(=O)Nc2ccc(OC)cc2)nc2c(sc3ncccc32)c1=O. The molecule has 0 fully saturated rings. The second kappa shape index (κ2) is 9.49. The lowest BCUT2D eigenvalue weighted by Crippen LogP contribution is -2.23. The monoisotopic (exact) mass is 454 g/mol. The van der Waals surface area contributed by atoms with Gasteiger partial charge >= 0.3 is 0 Å². The molecule has 0 spiro atoms. The summed E-state index contributed by atoms with van der Waals surface area (Å²) in [6.07, 6.45) is 3.54. The fourth-order valence-corrected chi connectivity index (χ4v) is 5.02. The summed E-state index contributed by atoms with van der Waals surface area (Å²) in [5.41, 5.74) is 1.27. The van der Waals surface area contributed by atoms with E-state index in [9.17, 15) is 9.59 Å². The number of ether oxygens (including phenoxy) is 1. The standard InChI is InChI=1S/C22H22N4O3S2/c1-3-4-12-26-21(28)19-18(16-6-5-11-23-20(16)31-19)25-22(26)30-13-17(27)24-14-7-9-15(29-2)10-8-14/h5-11H,3-4,12-13H2,1-2H3,(H,24,27). The minimum atomic E-state index is -0.164. The molecule has 0 bridgehead atoms. The molecule has 0 unspecified atom stereocenters. The number of thioether (sulfide) groups is 1. The first kappa shape index (κ1) is 21.3. The van der Waals surface area contributed by atoms with Gasteiger partial charge in [-0.3, -0.25) is 14.2 Å². The van der Waals surface area contributed by atoms with Gasteiger partial charge in [0.1, 0.15) is 15.3 Å². The number of nitrogens with zero attached hydrogens (tertiary/aromatic N) is 3. The Morgan fingerprint density at radius 3 is 2.81 bits per heavy atom. The Bertz CT molecular complexity index is 1280. The number of carbonyl (C=O) groups excluding carboxylic acids is 1. The van der Waals surface area contributed by atoms with Gasteiger partial charge in [-0.15, -0.1) is 11.3 Å². The molecule has 9 heteroatoms. The first-order valence-corrected chi connectivity index (χ1v) is 11.8. The van der Waals surface area contributed by atoms with Gasteiger partial charge in [0, 0.05) is 23.8 Å². The van der Waals surface area contributed by atoms with E-state index in [-0.39, 0.29) is 17.2 Å². The lowest BCUT2D eigenvalue weighted by atomic mass is 10.3. The average Bonchev–Trinajstić information content (AvgIpc) is 3.17. The molecule has 4 rings (SSSR count). The Morgan fingerprint density at radius 2 is 2.06 bits per heavy atom. The number of amides is 1. The number of methoxy groups -OCH3 is 1. The number of nitrogens with one attached hydrogen (secondary N) is 1. The molecule has 0 saturated heterocycles. The Labute approximate surface area is 187 Å². The van der Waals surface area contributed by atoms with E-state index in [0.717, 1.165) is 28.8 Å². The van der Waals surface area contributed by atoms with E-state index in [0.29, 0.717) is 27.6 Å². The van der Waals surface area contributed by atoms with Gasteiger partial charge in [-0.25, -0.2) is 9.97 Å². The Morgan fingerprint density at radius 1 is 1.26 bits per heavy atom. The number of fused-ring (bicyclic) bond motifs is 3. The molecule has 3 heterocycles. The summed E-state index contributed by atoms with van der Waals surface area (Å²) in [6, 6.07) is 10.9. The number of benzene rings is 1. The molecule has 1 amide bonds. The van der Waals surface area contributed by atoms with Gasteiger partial charge in [-0.05, 0) is 42.8 Å². The summed E-state index contributed by atoms with van der Waals surface area (Å²) < 4.78 is 7.43. The summed E-state index contributed by atoms with van der Waals surface area (Å²) >= 11 is 2.64. The molecule has 4 aromatic rings.